The van der Waals surface area contributed by atoms with Crippen LogP contribution in [0.25, 0.3) is 0 Å². The first-order valence-electron chi connectivity index (χ1n) is 9.89. The van der Waals surface area contributed by atoms with Crippen LogP contribution in [0.5, 0.6) is 5.75 Å². The van der Waals surface area contributed by atoms with Gasteiger partial charge in [-0.1, -0.05) is 42.5 Å². The Morgan fingerprint density at radius 2 is 1.93 bits per heavy atom. The zero-order valence-electron chi connectivity index (χ0n) is 17.4. The normalized spacial score (nSPS) is 11.3. The average Bonchev–Trinajstić information content (AvgIpc) is 3.18. The third-order valence-electron chi connectivity index (χ3n) is 4.53. The Balaban J connectivity index is 1.61. The van der Waals surface area contributed by atoms with E-state index in [1.54, 1.807) is 7.11 Å². The molecule has 3 aromatic rings. The monoisotopic (exact) mass is 391 g/mol. The van der Waals surface area contributed by atoms with Crippen LogP contribution in [0, 0.1) is 6.92 Å². The standard InChI is InChI=1S/C23H29N5O/c1-4-24-23(26-15-21-11-10-18(2)12-22(21)29-3)25-13-20-14-27-28(17-20)16-19-8-6-5-7-9-19/h5-12,14,17H,4,13,15-16H2,1-3H3,(H2,24,25,26). The van der Waals surface area contributed by atoms with E-state index in [-0.39, 0.29) is 0 Å². The summed E-state index contributed by atoms with van der Waals surface area (Å²) < 4.78 is 7.43. The third-order valence-corrected chi connectivity index (χ3v) is 4.53. The van der Waals surface area contributed by atoms with Crippen molar-refractivity contribution < 1.29 is 4.74 Å². The molecule has 0 aliphatic heterocycles. The molecular weight excluding hydrogens is 362 g/mol. The second-order valence-electron chi connectivity index (χ2n) is 6.90. The predicted molar refractivity (Wildman–Crippen MR) is 117 cm³/mol. The molecule has 0 radical (unpaired) electrons. The average molecular weight is 392 g/mol. The number of methoxy groups -OCH3 is 1. The molecule has 0 saturated carbocycles. The molecule has 0 spiro atoms. The molecule has 0 saturated heterocycles. The molecule has 1 heterocycles. The maximum Gasteiger partial charge on any atom is 0.191 e. The first kappa shape index (κ1) is 20.5. The number of benzene rings is 2. The van der Waals surface area contributed by atoms with E-state index in [0.29, 0.717) is 13.1 Å². The van der Waals surface area contributed by atoms with Gasteiger partial charge in [-0.15, -0.1) is 0 Å². The van der Waals surface area contributed by atoms with Crippen LogP contribution in [-0.2, 0) is 19.6 Å². The molecule has 0 bridgehead atoms. The Bertz CT molecular complexity index is 933. The molecular formula is C23H29N5O. The van der Waals surface area contributed by atoms with E-state index in [1.807, 2.05) is 41.3 Å². The fourth-order valence-corrected chi connectivity index (χ4v) is 3.03. The predicted octanol–water partition coefficient (Wildman–Crippen LogP) is 3.50. The lowest BCUT2D eigenvalue weighted by atomic mass is 10.1. The van der Waals surface area contributed by atoms with E-state index < -0.39 is 0 Å². The number of guanidine groups is 1. The molecule has 152 valence electrons. The summed E-state index contributed by atoms with van der Waals surface area (Å²) in [6, 6.07) is 16.5. The molecule has 0 aliphatic carbocycles. The number of rotatable bonds is 8. The summed E-state index contributed by atoms with van der Waals surface area (Å²) in [7, 11) is 1.70. The Morgan fingerprint density at radius 3 is 2.69 bits per heavy atom. The lowest BCUT2D eigenvalue weighted by molar-refractivity contribution is 0.408. The minimum absolute atomic E-state index is 0.565. The Morgan fingerprint density at radius 1 is 1.10 bits per heavy atom. The fraction of sp³-hybridized carbons (Fsp3) is 0.304. The smallest absolute Gasteiger partial charge is 0.191 e. The summed E-state index contributed by atoms with van der Waals surface area (Å²) >= 11 is 0. The van der Waals surface area contributed by atoms with Gasteiger partial charge in [-0.05, 0) is 31.0 Å². The van der Waals surface area contributed by atoms with Crippen molar-refractivity contribution in [3.63, 3.8) is 0 Å². The van der Waals surface area contributed by atoms with Crippen LogP contribution < -0.4 is 15.4 Å². The summed E-state index contributed by atoms with van der Waals surface area (Å²) in [4.78, 5) is 4.69. The van der Waals surface area contributed by atoms with E-state index in [1.165, 1.54) is 11.1 Å². The second-order valence-corrected chi connectivity index (χ2v) is 6.90. The van der Waals surface area contributed by atoms with Gasteiger partial charge in [-0.25, -0.2) is 4.99 Å². The summed E-state index contributed by atoms with van der Waals surface area (Å²) in [5, 5.41) is 11.1. The van der Waals surface area contributed by atoms with Crippen molar-refractivity contribution in [1.29, 1.82) is 0 Å². The molecule has 0 amide bonds. The molecule has 6 heteroatoms. The quantitative estimate of drug-likeness (QED) is 0.456. The topological polar surface area (TPSA) is 63.5 Å². The SMILES string of the molecule is CCNC(=NCc1cnn(Cc2ccccc2)c1)NCc1ccc(C)cc1OC. The van der Waals surface area contributed by atoms with Gasteiger partial charge in [0, 0.05) is 30.4 Å². The molecule has 2 aromatic carbocycles. The van der Waals surface area contributed by atoms with Crippen molar-refractivity contribution in [2.24, 2.45) is 4.99 Å². The highest BCUT2D eigenvalue weighted by atomic mass is 16.5. The molecule has 3 rings (SSSR count). The number of ether oxygens (including phenoxy) is 1. The Labute approximate surface area is 172 Å². The first-order valence-corrected chi connectivity index (χ1v) is 9.89. The number of aromatic nitrogens is 2. The molecule has 29 heavy (non-hydrogen) atoms. The van der Waals surface area contributed by atoms with Gasteiger partial charge in [0.05, 0.1) is 26.4 Å². The van der Waals surface area contributed by atoms with Gasteiger partial charge in [-0.2, -0.15) is 5.10 Å². The maximum atomic E-state index is 5.49. The Kier molecular flexibility index (Phi) is 7.28. The number of aryl methyl sites for hydroxylation is 1. The van der Waals surface area contributed by atoms with Gasteiger partial charge >= 0.3 is 0 Å². The van der Waals surface area contributed by atoms with Crippen molar-refractivity contribution >= 4 is 5.96 Å². The van der Waals surface area contributed by atoms with Crippen LogP contribution >= 0.6 is 0 Å². The van der Waals surface area contributed by atoms with Crippen molar-refractivity contribution in [2.75, 3.05) is 13.7 Å². The number of nitrogens with one attached hydrogen (secondary N) is 2. The van der Waals surface area contributed by atoms with Crippen LogP contribution in [0.15, 0.2) is 65.9 Å². The van der Waals surface area contributed by atoms with Gasteiger partial charge < -0.3 is 15.4 Å². The van der Waals surface area contributed by atoms with E-state index in [2.05, 4.69) is 53.8 Å². The first-order chi connectivity index (χ1) is 14.2. The third kappa shape index (κ3) is 6.10. The van der Waals surface area contributed by atoms with Crippen LogP contribution in [-0.4, -0.2) is 29.4 Å². The summed E-state index contributed by atoms with van der Waals surface area (Å²) in [6.45, 7) is 6.88. The maximum absolute atomic E-state index is 5.49. The van der Waals surface area contributed by atoms with E-state index in [9.17, 15) is 0 Å². The molecule has 0 unspecified atom stereocenters. The van der Waals surface area contributed by atoms with Gasteiger partial charge in [0.2, 0.25) is 0 Å². The lowest BCUT2D eigenvalue weighted by Crippen LogP contribution is -2.36. The number of nitrogens with zero attached hydrogens (tertiary/aromatic N) is 3. The van der Waals surface area contributed by atoms with Gasteiger partial charge in [0.1, 0.15) is 5.75 Å². The largest absolute Gasteiger partial charge is 0.496 e. The molecule has 0 aliphatic rings. The second kappa shape index (κ2) is 10.3. The van der Waals surface area contributed by atoms with E-state index in [0.717, 1.165) is 35.9 Å². The Hall–Kier alpha value is -3.28. The zero-order chi connectivity index (χ0) is 20.5. The van der Waals surface area contributed by atoms with Crippen molar-refractivity contribution in [1.82, 2.24) is 20.4 Å². The van der Waals surface area contributed by atoms with Gasteiger partial charge in [0.25, 0.3) is 0 Å². The van der Waals surface area contributed by atoms with Crippen LogP contribution in [0.4, 0.5) is 0 Å². The number of hydrogen-bond acceptors (Lipinski definition) is 3. The highest BCUT2D eigenvalue weighted by Gasteiger charge is 2.05. The van der Waals surface area contributed by atoms with Crippen LogP contribution in [0.3, 0.4) is 0 Å². The minimum Gasteiger partial charge on any atom is -0.496 e. The van der Waals surface area contributed by atoms with Crippen LogP contribution in [0.1, 0.15) is 29.2 Å². The molecule has 2 N–H and O–H groups in total. The van der Waals surface area contributed by atoms with Gasteiger partial charge in [-0.3, -0.25) is 4.68 Å². The molecule has 6 nitrogen and oxygen atoms in total. The van der Waals surface area contributed by atoms with E-state index >= 15 is 0 Å². The number of hydrogen-bond donors (Lipinski definition) is 2. The minimum atomic E-state index is 0.565. The zero-order valence-corrected chi connectivity index (χ0v) is 17.4. The highest BCUT2D eigenvalue weighted by Crippen LogP contribution is 2.19. The van der Waals surface area contributed by atoms with Crippen molar-refractivity contribution in [3.05, 3.63) is 83.2 Å². The fourth-order valence-electron chi connectivity index (χ4n) is 3.03. The summed E-state index contributed by atoms with van der Waals surface area (Å²) in [6.07, 6.45) is 3.92. The van der Waals surface area contributed by atoms with Crippen molar-refractivity contribution in [3.8, 4) is 5.75 Å². The number of aliphatic imine (C=N–C) groups is 1. The molecule has 1 aromatic heterocycles. The summed E-state index contributed by atoms with van der Waals surface area (Å²) in [5.74, 6) is 1.65. The highest BCUT2D eigenvalue weighted by molar-refractivity contribution is 5.79. The lowest BCUT2D eigenvalue weighted by Gasteiger charge is -2.13. The molecule has 0 atom stereocenters. The molecule has 0 fully saturated rings. The van der Waals surface area contributed by atoms with Crippen molar-refractivity contribution in [2.45, 2.75) is 33.5 Å². The van der Waals surface area contributed by atoms with Gasteiger partial charge in [0.15, 0.2) is 5.96 Å². The summed E-state index contributed by atoms with van der Waals surface area (Å²) in [5.41, 5.74) is 4.58. The van der Waals surface area contributed by atoms with E-state index in [4.69, 9.17) is 9.73 Å². The van der Waals surface area contributed by atoms with Crippen LogP contribution in [0.2, 0.25) is 0 Å².